The minimum Gasteiger partial charge on any atom is -0.344 e. The Bertz CT molecular complexity index is 1470. The van der Waals surface area contributed by atoms with E-state index < -0.39 is 0 Å². The van der Waals surface area contributed by atoms with E-state index in [4.69, 9.17) is 0 Å². The van der Waals surface area contributed by atoms with Crippen LogP contribution in [0.15, 0.2) is 90.5 Å². The highest BCUT2D eigenvalue weighted by molar-refractivity contribution is 6.38. The summed E-state index contributed by atoms with van der Waals surface area (Å²) in [7, 11) is 1.99. The first-order valence-electron chi connectivity index (χ1n) is 13.5. The summed E-state index contributed by atoms with van der Waals surface area (Å²) in [6.07, 6.45) is 1.72. The van der Waals surface area contributed by atoms with E-state index in [1.807, 2.05) is 73.8 Å². The van der Waals surface area contributed by atoms with Gasteiger partial charge in [-0.2, -0.15) is 0 Å². The van der Waals surface area contributed by atoms with Crippen molar-refractivity contribution >= 4 is 29.3 Å². The van der Waals surface area contributed by atoms with Crippen LogP contribution < -0.4 is 10.0 Å². The van der Waals surface area contributed by atoms with Gasteiger partial charge in [0.2, 0.25) is 0 Å². The average Bonchev–Trinajstić information content (AvgIpc) is 3.41. The second-order valence-corrected chi connectivity index (χ2v) is 10.8. The fourth-order valence-corrected chi connectivity index (χ4v) is 5.45. The van der Waals surface area contributed by atoms with E-state index in [0.717, 1.165) is 17.0 Å². The number of carbonyl (C=O) groups is 2. The molecule has 1 saturated heterocycles. The number of hydrazine groups is 1. The van der Waals surface area contributed by atoms with Gasteiger partial charge in [0.05, 0.1) is 11.4 Å². The van der Waals surface area contributed by atoms with Crippen molar-refractivity contribution in [1.82, 2.24) is 4.57 Å². The molecule has 5 nitrogen and oxygen atoms in total. The van der Waals surface area contributed by atoms with E-state index in [0.29, 0.717) is 23.2 Å². The lowest BCUT2D eigenvalue weighted by molar-refractivity contribution is -0.116. The van der Waals surface area contributed by atoms with Crippen LogP contribution in [-0.4, -0.2) is 16.4 Å². The summed E-state index contributed by atoms with van der Waals surface area (Å²) in [5, 5.41) is 2.91. The first-order chi connectivity index (χ1) is 18.7. The molecule has 5 rings (SSSR count). The lowest BCUT2D eigenvalue weighted by atomic mass is 9.87. The van der Waals surface area contributed by atoms with Gasteiger partial charge in [0.25, 0.3) is 11.8 Å². The van der Waals surface area contributed by atoms with Crippen LogP contribution in [0.3, 0.4) is 0 Å². The van der Waals surface area contributed by atoms with Gasteiger partial charge in [-0.3, -0.25) is 9.59 Å². The van der Waals surface area contributed by atoms with Gasteiger partial charge in [-0.1, -0.05) is 64.1 Å². The molecular formula is C34H35N3O2. The van der Waals surface area contributed by atoms with Crippen molar-refractivity contribution in [2.24, 2.45) is 7.05 Å². The molecule has 0 atom stereocenters. The maximum absolute atomic E-state index is 13.8. The fraction of sp³-hybridized carbons (Fsp3) is 0.235. The zero-order valence-electron chi connectivity index (χ0n) is 23.5. The van der Waals surface area contributed by atoms with E-state index in [9.17, 15) is 9.59 Å². The predicted octanol–water partition coefficient (Wildman–Crippen LogP) is 7.63. The quantitative estimate of drug-likeness (QED) is 0.195. The largest absolute Gasteiger partial charge is 0.344 e. The molecule has 1 fully saturated rings. The van der Waals surface area contributed by atoms with Gasteiger partial charge >= 0.3 is 0 Å². The lowest BCUT2D eigenvalue weighted by Gasteiger charge is -2.27. The molecule has 0 radical (unpaired) electrons. The Morgan fingerprint density at radius 2 is 1.13 bits per heavy atom. The molecule has 2 amide bonds. The van der Waals surface area contributed by atoms with E-state index in [2.05, 4.69) is 57.4 Å². The molecule has 39 heavy (non-hydrogen) atoms. The van der Waals surface area contributed by atoms with Gasteiger partial charge in [-0.05, 0) is 95.6 Å². The molecule has 1 aliphatic heterocycles. The number of anilines is 2. The number of rotatable bonds is 6. The molecule has 5 heteroatoms. The van der Waals surface area contributed by atoms with Crippen molar-refractivity contribution in [3.8, 4) is 11.3 Å². The minimum absolute atomic E-state index is 0.130. The number of hydrogen-bond acceptors (Lipinski definition) is 2. The fourth-order valence-electron chi connectivity index (χ4n) is 5.45. The summed E-state index contributed by atoms with van der Waals surface area (Å²) in [4.78, 5) is 27.5. The summed E-state index contributed by atoms with van der Waals surface area (Å²) in [6, 6.07) is 27.2. The molecule has 1 aromatic heterocycles. The van der Waals surface area contributed by atoms with Gasteiger partial charge < -0.3 is 4.57 Å². The molecule has 1 aliphatic rings. The van der Waals surface area contributed by atoms with Crippen molar-refractivity contribution < 1.29 is 9.59 Å². The molecule has 0 saturated carbocycles. The SMILES string of the molecule is Cc1c(C(C)C)cc(-c2ccc(C=C3C(=O)N(c4ccccc4)N(c4ccccc4)C3=O)n2C)cc1C(C)C. The van der Waals surface area contributed by atoms with E-state index in [1.54, 1.807) is 6.08 Å². The number of nitrogens with zero attached hydrogens (tertiary/aromatic N) is 3. The molecule has 3 aromatic carbocycles. The number of benzene rings is 3. The molecule has 0 aliphatic carbocycles. The standard InChI is InChI=1S/C34H35N3O2/c1-22(2)29-19-25(20-30(23(3)4)24(29)5)32-18-17-28(35(32)6)21-31-33(38)36(26-13-9-7-10-14-26)37(34(31)39)27-15-11-8-12-16-27/h7-23H,1-6H3. The van der Waals surface area contributed by atoms with Crippen LogP contribution in [0, 0.1) is 6.92 Å². The van der Waals surface area contributed by atoms with Crippen LogP contribution in [0.4, 0.5) is 11.4 Å². The summed E-state index contributed by atoms with van der Waals surface area (Å²) < 4.78 is 2.06. The van der Waals surface area contributed by atoms with E-state index in [1.165, 1.54) is 26.7 Å². The first-order valence-corrected chi connectivity index (χ1v) is 13.5. The Morgan fingerprint density at radius 3 is 1.56 bits per heavy atom. The van der Waals surface area contributed by atoms with Crippen LogP contribution >= 0.6 is 0 Å². The van der Waals surface area contributed by atoms with Crippen molar-refractivity contribution in [2.45, 2.75) is 46.5 Å². The van der Waals surface area contributed by atoms with E-state index in [-0.39, 0.29) is 17.4 Å². The number of carbonyl (C=O) groups excluding carboxylic acids is 2. The maximum Gasteiger partial charge on any atom is 0.283 e. The topological polar surface area (TPSA) is 45.6 Å². The summed E-state index contributed by atoms with van der Waals surface area (Å²) in [5.74, 6) is 0.117. The van der Waals surface area contributed by atoms with Gasteiger partial charge in [0, 0.05) is 18.4 Å². The number of hydrogen-bond donors (Lipinski definition) is 0. The van der Waals surface area contributed by atoms with Gasteiger partial charge in [0.1, 0.15) is 5.57 Å². The molecular weight excluding hydrogens is 482 g/mol. The molecule has 0 unspecified atom stereocenters. The molecule has 0 N–H and O–H groups in total. The molecule has 4 aromatic rings. The highest BCUT2D eigenvalue weighted by Crippen LogP contribution is 2.35. The highest BCUT2D eigenvalue weighted by Gasteiger charge is 2.43. The second kappa shape index (κ2) is 10.4. The molecule has 2 heterocycles. The maximum atomic E-state index is 13.8. The Hall–Kier alpha value is -4.38. The average molecular weight is 518 g/mol. The van der Waals surface area contributed by atoms with Crippen molar-refractivity contribution in [3.05, 3.63) is 113 Å². The third kappa shape index (κ3) is 4.69. The van der Waals surface area contributed by atoms with Crippen LogP contribution in [0.25, 0.3) is 17.3 Å². The minimum atomic E-state index is -0.350. The van der Waals surface area contributed by atoms with E-state index >= 15 is 0 Å². The Labute approximate surface area is 231 Å². The van der Waals surface area contributed by atoms with Gasteiger partial charge in [0.15, 0.2) is 0 Å². The number of aromatic nitrogens is 1. The normalized spacial score (nSPS) is 13.8. The second-order valence-electron chi connectivity index (χ2n) is 10.8. The van der Waals surface area contributed by atoms with Crippen LogP contribution in [0.5, 0.6) is 0 Å². The zero-order chi connectivity index (χ0) is 27.8. The summed E-state index contributed by atoms with van der Waals surface area (Å²) in [5.41, 5.74) is 8.42. The number of para-hydroxylation sites is 2. The van der Waals surface area contributed by atoms with Gasteiger partial charge in [-0.15, -0.1) is 0 Å². The molecule has 0 bridgehead atoms. The Balaban J connectivity index is 1.59. The van der Waals surface area contributed by atoms with Crippen LogP contribution in [0.2, 0.25) is 0 Å². The monoisotopic (exact) mass is 517 g/mol. The smallest absolute Gasteiger partial charge is 0.283 e. The Morgan fingerprint density at radius 1 is 0.667 bits per heavy atom. The van der Waals surface area contributed by atoms with Crippen LogP contribution in [-0.2, 0) is 16.6 Å². The van der Waals surface area contributed by atoms with Gasteiger partial charge in [-0.25, -0.2) is 10.0 Å². The third-order valence-electron chi connectivity index (χ3n) is 7.53. The third-order valence-corrected chi connectivity index (χ3v) is 7.53. The summed E-state index contributed by atoms with van der Waals surface area (Å²) in [6.45, 7) is 11.1. The van der Waals surface area contributed by atoms with Crippen LogP contribution in [0.1, 0.15) is 61.9 Å². The van der Waals surface area contributed by atoms with Crippen molar-refractivity contribution in [1.29, 1.82) is 0 Å². The first kappa shape index (κ1) is 26.2. The summed E-state index contributed by atoms with van der Waals surface area (Å²) >= 11 is 0. The lowest BCUT2D eigenvalue weighted by Crippen LogP contribution is -2.41. The molecule has 198 valence electrons. The Kier molecular flexibility index (Phi) is 7.00. The van der Waals surface area contributed by atoms with Crippen molar-refractivity contribution in [2.75, 3.05) is 10.0 Å². The number of amides is 2. The highest BCUT2D eigenvalue weighted by atomic mass is 16.2. The molecule has 0 spiro atoms. The zero-order valence-corrected chi connectivity index (χ0v) is 23.5. The predicted molar refractivity (Wildman–Crippen MR) is 160 cm³/mol. The van der Waals surface area contributed by atoms with Crippen molar-refractivity contribution in [3.63, 3.8) is 0 Å².